The summed E-state index contributed by atoms with van der Waals surface area (Å²) < 4.78 is 32.9. The largest absolute Gasteiger partial charge is 0.493 e. The predicted octanol–water partition coefficient (Wildman–Crippen LogP) is 3.93. The lowest BCUT2D eigenvalue weighted by Gasteiger charge is -2.33. The lowest BCUT2D eigenvalue weighted by Crippen LogP contribution is -2.49. The van der Waals surface area contributed by atoms with Crippen LogP contribution in [0.1, 0.15) is 36.8 Å². The topological polar surface area (TPSA) is 79.4 Å². The summed E-state index contributed by atoms with van der Waals surface area (Å²) in [5.41, 5.74) is 2.17. The molecule has 1 fully saturated rings. The van der Waals surface area contributed by atoms with Gasteiger partial charge in [-0.3, -0.25) is 0 Å². The summed E-state index contributed by atoms with van der Waals surface area (Å²) in [6, 6.07) is 8.69. The van der Waals surface area contributed by atoms with Crippen LogP contribution in [0.5, 0.6) is 34.5 Å². The average Bonchev–Trinajstić information content (AvgIpc) is 2.89. The molecule has 0 aromatic heterocycles. The number of rotatable bonds is 12. The number of methoxy groups -OCH3 is 6. The first-order chi connectivity index (χ1) is 16.6. The molecule has 1 aliphatic carbocycles. The average molecular weight is 475 g/mol. The Balaban J connectivity index is 1.68. The van der Waals surface area contributed by atoms with E-state index in [1.165, 1.54) is 12.8 Å². The van der Waals surface area contributed by atoms with Crippen LogP contribution in [0.3, 0.4) is 0 Å². The highest BCUT2D eigenvalue weighted by Gasteiger charge is 2.25. The Morgan fingerprint density at radius 1 is 0.559 bits per heavy atom. The van der Waals surface area contributed by atoms with Gasteiger partial charge in [0.25, 0.3) is 0 Å². The third-order valence-electron chi connectivity index (χ3n) is 6.35. The maximum absolute atomic E-state index is 5.50. The highest BCUT2D eigenvalue weighted by molar-refractivity contribution is 5.54. The van der Waals surface area contributed by atoms with Gasteiger partial charge in [0, 0.05) is 25.2 Å². The van der Waals surface area contributed by atoms with Crippen LogP contribution in [0.4, 0.5) is 0 Å². The van der Waals surface area contributed by atoms with E-state index in [2.05, 4.69) is 10.6 Å². The van der Waals surface area contributed by atoms with Crippen molar-refractivity contribution < 1.29 is 28.4 Å². The van der Waals surface area contributed by atoms with Crippen molar-refractivity contribution in [2.75, 3.05) is 42.7 Å². The maximum atomic E-state index is 5.50. The molecule has 2 aromatic rings. The Hall–Kier alpha value is -2.84. The second kappa shape index (κ2) is 12.6. The van der Waals surface area contributed by atoms with Gasteiger partial charge < -0.3 is 39.1 Å². The van der Waals surface area contributed by atoms with Crippen molar-refractivity contribution in [3.8, 4) is 34.5 Å². The summed E-state index contributed by atoms with van der Waals surface area (Å²) in [5, 5.41) is 7.49. The number of benzene rings is 2. The van der Waals surface area contributed by atoms with Crippen LogP contribution in [0.25, 0.3) is 0 Å². The summed E-state index contributed by atoms with van der Waals surface area (Å²) in [6.45, 7) is 1.42. The van der Waals surface area contributed by atoms with E-state index in [1.807, 2.05) is 24.3 Å². The van der Waals surface area contributed by atoms with Crippen LogP contribution in [0.2, 0.25) is 0 Å². The maximum Gasteiger partial charge on any atom is 0.203 e. The van der Waals surface area contributed by atoms with Gasteiger partial charge in [-0.05, 0) is 48.2 Å². The van der Waals surface area contributed by atoms with E-state index in [0.29, 0.717) is 59.7 Å². The zero-order valence-corrected chi connectivity index (χ0v) is 21.2. The van der Waals surface area contributed by atoms with Crippen LogP contribution < -0.4 is 39.1 Å². The molecule has 1 saturated carbocycles. The van der Waals surface area contributed by atoms with Gasteiger partial charge in [-0.15, -0.1) is 0 Å². The lowest BCUT2D eigenvalue weighted by atomic mass is 9.90. The minimum atomic E-state index is 0.356. The first-order valence-electron chi connectivity index (χ1n) is 11.6. The number of hydrogen-bond donors (Lipinski definition) is 2. The quantitative estimate of drug-likeness (QED) is 0.479. The van der Waals surface area contributed by atoms with Crippen LogP contribution in [0, 0.1) is 0 Å². The first-order valence-corrected chi connectivity index (χ1v) is 11.6. The van der Waals surface area contributed by atoms with E-state index < -0.39 is 0 Å². The smallest absolute Gasteiger partial charge is 0.203 e. The Kier molecular flexibility index (Phi) is 9.53. The Morgan fingerprint density at radius 3 is 1.15 bits per heavy atom. The molecule has 2 unspecified atom stereocenters. The first kappa shape index (κ1) is 25.8. The zero-order chi connectivity index (χ0) is 24.5. The fraction of sp³-hybridized carbons (Fsp3) is 0.538. The molecule has 0 saturated heterocycles. The molecule has 0 heterocycles. The lowest BCUT2D eigenvalue weighted by molar-refractivity contribution is 0.280. The molecule has 8 heteroatoms. The van der Waals surface area contributed by atoms with Gasteiger partial charge in [-0.1, -0.05) is 12.8 Å². The molecule has 2 aromatic carbocycles. The normalized spacial score (nSPS) is 17.7. The Bertz CT molecular complexity index is 810. The van der Waals surface area contributed by atoms with E-state index in [0.717, 1.165) is 24.0 Å². The second-order valence-electron chi connectivity index (χ2n) is 8.33. The number of ether oxygens (including phenoxy) is 6. The number of nitrogens with one attached hydrogen (secondary N) is 2. The van der Waals surface area contributed by atoms with Crippen LogP contribution >= 0.6 is 0 Å². The highest BCUT2D eigenvalue weighted by atomic mass is 16.5. The van der Waals surface area contributed by atoms with Crippen molar-refractivity contribution in [2.24, 2.45) is 0 Å². The standard InChI is InChI=1S/C26H38N2O6/c1-29-21-11-17(12-22(30-2)25(21)33-5)15-27-19-9-7-8-10-20(19)28-16-18-13-23(31-3)26(34-6)24(14-18)32-4/h11-14,19-20,27-28H,7-10,15-16H2,1-6H3. The van der Waals surface area contributed by atoms with Gasteiger partial charge in [0.1, 0.15) is 0 Å². The molecule has 8 nitrogen and oxygen atoms in total. The SMILES string of the molecule is COc1cc(CNC2CCCCC2NCc2cc(OC)c(OC)c(OC)c2)cc(OC)c1OC. The third kappa shape index (κ3) is 5.98. The summed E-state index contributed by atoms with van der Waals surface area (Å²) in [7, 11) is 9.78. The minimum Gasteiger partial charge on any atom is -0.493 e. The molecule has 0 aliphatic heterocycles. The van der Waals surface area contributed by atoms with Gasteiger partial charge in [0.2, 0.25) is 11.5 Å². The summed E-state index contributed by atoms with van der Waals surface area (Å²) in [4.78, 5) is 0. The van der Waals surface area contributed by atoms with Crippen LogP contribution in [-0.2, 0) is 13.1 Å². The van der Waals surface area contributed by atoms with E-state index >= 15 is 0 Å². The van der Waals surface area contributed by atoms with Crippen molar-refractivity contribution in [1.82, 2.24) is 10.6 Å². The van der Waals surface area contributed by atoms with Crippen molar-refractivity contribution in [1.29, 1.82) is 0 Å². The second-order valence-corrected chi connectivity index (χ2v) is 8.33. The van der Waals surface area contributed by atoms with E-state index in [1.54, 1.807) is 42.7 Å². The molecule has 0 radical (unpaired) electrons. The molecule has 3 rings (SSSR count). The van der Waals surface area contributed by atoms with E-state index in [9.17, 15) is 0 Å². The third-order valence-corrected chi connectivity index (χ3v) is 6.35. The van der Waals surface area contributed by atoms with Crippen LogP contribution in [-0.4, -0.2) is 54.7 Å². The van der Waals surface area contributed by atoms with Crippen molar-refractivity contribution >= 4 is 0 Å². The summed E-state index contributed by atoms with van der Waals surface area (Å²) >= 11 is 0. The van der Waals surface area contributed by atoms with Gasteiger partial charge in [0.05, 0.1) is 42.7 Å². The minimum absolute atomic E-state index is 0.356. The molecule has 1 aliphatic rings. The van der Waals surface area contributed by atoms with E-state index in [-0.39, 0.29) is 0 Å². The van der Waals surface area contributed by atoms with Crippen molar-refractivity contribution in [3.63, 3.8) is 0 Å². The zero-order valence-electron chi connectivity index (χ0n) is 21.2. The molecular weight excluding hydrogens is 436 g/mol. The van der Waals surface area contributed by atoms with Crippen LogP contribution in [0.15, 0.2) is 24.3 Å². The molecule has 34 heavy (non-hydrogen) atoms. The monoisotopic (exact) mass is 474 g/mol. The summed E-state index contributed by atoms with van der Waals surface area (Å²) in [5.74, 6) is 3.88. The van der Waals surface area contributed by atoms with Gasteiger partial charge in [0.15, 0.2) is 23.0 Å². The Labute approximate surface area is 202 Å². The Morgan fingerprint density at radius 2 is 0.882 bits per heavy atom. The fourth-order valence-electron chi connectivity index (χ4n) is 4.59. The van der Waals surface area contributed by atoms with Gasteiger partial charge in [-0.25, -0.2) is 0 Å². The highest BCUT2D eigenvalue weighted by Crippen LogP contribution is 2.39. The molecule has 0 amide bonds. The number of hydrogen-bond acceptors (Lipinski definition) is 8. The molecule has 0 spiro atoms. The predicted molar refractivity (Wildman–Crippen MR) is 132 cm³/mol. The molecule has 2 atom stereocenters. The molecule has 2 N–H and O–H groups in total. The molecule has 0 bridgehead atoms. The molecular formula is C26H38N2O6. The van der Waals surface area contributed by atoms with Crippen molar-refractivity contribution in [3.05, 3.63) is 35.4 Å². The molecule has 188 valence electrons. The summed E-state index contributed by atoms with van der Waals surface area (Å²) in [6.07, 6.45) is 4.68. The van der Waals surface area contributed by atoms with Gasteiger partial charge >= 0.3 is 0 Å². The van der Waals surface area contributed by atoms with Crippen molar-refractivity contribution in [2.45, 2.75) is 50.9 Å². The fourth-order valence-corrected chi connectivity index (χ4v) is 4.59. The van der Waals surface area contributed by atoms with Gasteiger partial charge in [-0.2, -0.15) is 0 Å². The van der Waals surface area contributed by atoms with E-state index in [4.69, 9.17) is 28.4 Å².